The molecule has 2 N–H and O–H groups in total. The number of rotatable bonds is 4. The first-order valence-electron chi connectivity index (χ1n) is 7.37. The Kier molecular flexibility index (Phi) is 4.80. The van der Waals surface area contributed by atoms with Gasteiger partial charge in [-0.15, -0.1) is 0 Å². The van der Waals surface area contributed by atoms with Gasteiger partial charge in [0.2, 0.25) is 0 Å². The fourth-order valence-corrected chi connectivity index (χ4v) is 3.01. The molecule has 0 spiro atoms. The molecule has 0 saturated heterocycles. The molecule has 2 atom stereocenters. The van der Waals surface area contributed by atoms with E-state index in [0.717, 1.165) is 25.3 Å². The normalized spacial score (nSPS) is 22.3. The van der Waals surface area contributed by atoms with Crippen LogP contribution in [-0.2, 0) is 0 Å². The number of carboxylic acids is 1. The van der Waals surface area contributed by atoms with Gasteiger partial charge >= 0.3 is 5.97 Å². The molecule has 0 radical (unpaired) electrons. The Bertz CT molecular complexity index is 531. The second-order valence-corrected chi connectivity index (χ2v) is 6.13. The lowest BCUT2D eigenvalue weighted by molar-refractivity contribution is 0.0692. The highest BCUT2D eigenvalue weighted by Crippen LogP contribution is 2.32. The predicted molar refractivity (Wildman–Crippen MR) is 77.5 cm³/mol. The summed E-state index contributed by atoms with van der Waals surface area (Å²) in [5, 5.41) is 12.0. The lowest BCUT2D eigenvalue weighted by Gasteiger charge is -2.32. The maximum Gasteiger partial charge on any atom is 0.338 e. The van der Waals surface area contributed by atoms with Crippen molar-refractivity contribution in [3.8, 4) is 0 Å². The molecule has 0 heterocycles. The van der Waals surface area contributed by atoms with Crippen LogP contribution in [0, 0.1) is 23.5 Å². The molecule has 0 bridgehead atoms. The van der Waals surface area contributed by atoms with Crippen molar-refractivity contribution in [2.75, 3.05) is 5.32 Å². The summed E-state index contributed by atoms with van der Waals surface area (Å²) in [7, 11) is 0. The summed E-state index contributed by atoms with van der Waals surface area (Å²) in [5.74, 6) is -2.03. The summed E-state index contributed by atoms with van der Waals surface area (Å²) < 4.78 is 27.2. The molecule has 1 aromatic carbocycles. The maximum atomic E-state index is 13.8. The van der Waals surface area contributed by atoms with Gasteiger partial charge < -0.3 is 10.4 Å². The van der Waals surface area contributed by atoms with Gasteiger partial charge in [-0.25, -0.2) is 13.6 Å². The van der Waals surface area contributed by atoms with Gasteiger partial charge in [-0.3, -0.25) is 0 Å². The Balaban J connectivity index is 2.15. The van der Waals surface area contributed by atoms with Crippen LogP contribution >= 0.6 is 0 Å². The number of carbonyl (C=O) groups is 1. The molecule has 0 aromatic heterocycles. The van der Waals surface area contributed by atoms with Crippen LogP contribution in [0.15, 0.2) is 12.1 Å². The minimum absolute atomic E-state index is 0.0724. The lowest BCUT2D eigenvalue weighted by Crippen LogP contribution is -2.30. The first-order valence-corrected chi connectivity index (χ1v) is 7.37. The van der Waals surface area contributed by atoms with Gasteiger partial charge in [-0.05, 0) is 30.7 Å². The molecule has 1 aromatic rings. The van der Waals surface area contributed by atoms with Gasteiger partial charge in [-0.1, -0.05) is 26.7 Å². The van der Waals surface area contributed by atoms with Crippen LogP contribution in [0.5, 0.6) is 0 Å². The zero-order chi connectivity index (χ0) is 15.6. The van der Waals surface area contributed by atoms with Crippen molar-refractivity contribution in [2.45, 2.75) is 45.6 Å². The van der Waals surface area contributed by atoms with E-state index in [4.69, 9.17) is 5.11 Å². The van der Waals surface area contributed by atoms with E-state index in [9.17, 15) is 13.6 Å². The Morgan fingerprint density at radius 1 is 1.29 bits per heavy atom. The van der Waals surface area contributed by atoms with E-state index < -0.39 is 23.2 Å². The predicted octanol–water partition coefficient (Wildman–Crippen LogP) is 4.29. The standard InChI is InChI=1S/C16H21F2NO2/c1-9(2)10-4-3-5-11(6-10)19-15-7-12(16(20)21)13(17)8-14(15)18/h7-11,19H,3-6H2,1-2H3,(H,20,21). The third-order valence-corrected chi connectivity index (χ3v) is 4.30. The van der Waals surface area contributed by atoms with Gasteiger partial charge in [-0.2, -0.15) is 0 Å². The van der Waals surface area contributed by atoms with E-state index in [2.05, 4.69) is 19.2 Å². The van der Waals surface area contributed by atoms with Gasteiger partial charge in [0.1, 0.15) is 11.6 Å². The smallest absolute Gasteiger partial charge is 0.338 e. The van der Waals surface area contributed by atoms with Crippen molar-refractivity contribution >= 4 is 11.7 Å². The number of aromatic carboxylic acids is 1. The Morgan fingerprint density at radius 2 is 2.00 bits per heavy atom. The van der Waals surface area contributed by atoms with Gasteiger partial charge in [0, 0.05) is 12.1 Å². The van der Waals surface area contributed by atoms with Crippen LogP contribution in [0.3, 0.4) is 0 Å². The SMILES string of the molecule is CC(C)C1CCCC(Nc2cc(C(=O)O)c(F)cc2F)C1. The van der Waals surface area contributed by atoms with Crippen molar-refractivity contribution in [1.29, 1.82) is 0 Å². The van der Waals surface area contributed by atoms with Crippen LogP contribution in [-0.4, -0.2) is 17.1 Å². The molecule has 1 aliphatic carbocycles. The van der Waals surface area contributed by atoms with Gasteiger partial charge in [0.15, 0.2) is 0 Å². The van der Waals surface area contributed by atoms with E-state index in [0.29, 0.717) is 17.9 Å². The first-order chi connectivity index (χ1) is 9.88. The van der Waals surface area contributed by atoms with Crippen LogP contribution in [0.4, 0.5) is 14.5 Å². The fourth-order valence-electron chi connectivity index (χ4n) is 3.01. The number of carboxylic acid groups (broad SMARTS) is 1. The topological polar surface area (TPSA) is 49.3 Å². The largest absolute Gasteiger partial charge is 0.478 e. The van der Waals surface area contributed by atoms with E-state index in [1.54, 1.807) is 0 Å². The number of hydrogen-bond donors (Lipinski definition) is 2. The van der Waals surface area contributed by atoms with E-state index in [1.165, 1.54) is 6.42 Å². The highest BCUT2D eigenvalue weighted by atomic mass is 19.1. The molecule has 0 aliphatic heterocycles. The van der Waals surface area contributed by atoms with E-state index >= 15 is 0 Å². The average Bonchev–Trinajstić information content (AvgIpc) is 2.41. The molecule has 1 aliphatic rings. The summed E-state index contributed by atoms with van der Waals surface area (Å²) >= 11 is 0. The Morgan fingerprint density at radius 3 is 2.62 bits per heavy atom. The van der Waals surface area contributed by atoms with E-state index in [-0.39, 0.29) is 11.7 Å². The Labute approximate surface area is 123 Å². The molecular formula is C16H21F2NO2. The lowest BCUT2D eigenvalue weighted by atomic mass is 9.79. The summed E-state index contributed by atoms with van der Waals surface area (Å²) in [6, 6.07) is 1.79. The number of hydrogen-bond acceptors (Lipinski definition) is 2. The highest BCUT2D eigenvalue weighted by molar-refractivity contribution is 5.89. The van der Waals surface area contributed by atoms with Crippen molar-refractivity contribution in [3.63, 3.8) is 0 Å². The summed E-state index contributed by atoms with van der Waals surface area (Å²) in [5.41, 5.74) is -0.432. The van der Waals surface area contributed by atoms with Gasteiger partial charge in [0.25, 0.3) is 0 Å². The molecule has 1 saturated carbocycles. The quantitative estimate of drug-likeness (QED) is 0.871. The minimum atomic E-state index is -1.39. The van der Waals surface area contributed by atoms with Crippen molar-refractivity contribution in [2.24, 2.45) is 11.8 Å². The molecule has 1 fully saturated rings. The molecule has 21 heavy (non-hydrogen) atoms. The van der Waals surface area contributed by atoms with Crippen molar-refractivity contribution in [3.05, 3.63) is 29.3 Å². The molecule has 5 heteroatoms. The molecular weight excluding hydrogens is 276 g/mol. The highest BCUT2D eigenvalue weighted by Gasteiger charge is 2.25. The Hall–Kier alpha value is -1.65. The third-order valence-electron chi connectivity index (χ3n) is 4.30. The van der Waals surface area contributed by atoms with Crippen molar-refractivity contribution in [1.82, 2.24) is 0 Å². The van der Waals surface area contributed by atoms with Crippen molar-refractivity contribution < 1.29 is 18.7 Å². The number of anilines is 1. The summed E-state index contributed by atoms with van der Waals surface area (Å²) in [4.78, 5) is 10.9. The number of benzene rings is 1. The minimum Gasteiger partial charge on any atom is -0.478 e. The number of halogens is 2. The molecule has 3 nitrogen and oxygen atoms in total. The van der Waals surface area contributed by atoms with Crippen LogP contribution in [0.1, 0.15) is 49.9 Å². The van der Waals surface area contributed by atoms with Crippen LogP contribution in [0.2, 0.25) is 0 Å². The van der Waals surface area contributed by atoms with E-state index in [1.807, 2.05) is 0 Å². The monoisotopic (exact) mass is 297 g/mol. The molecule has 2 unspecified atom stereocenters. The second kappa shape index (κ2) is 6.41. The first kappa shape index (κ1) is 15.7. The van der Waals surface area contributed by atoms with Crippen LogP contribution < -0.4 is 5.32 Å². The summed E-state index contributed by atoms with van der Waals surface area (Å²) in [6.07, 6.45) is 4.08. The second-order valence-electron chi connectivity index (χ2n) is 6.13. The summed E-state index contributed by atoms with van der Waals surface area (Å²) in [6.45, 7) is 4.35. The molecule has 2 rings (SSSR count). The zero-order valence-electron chi connectivity index (χ0n) is 12.3. The number of nitrogens with one attached hydrogen (secondary N) is 1. The fraction of sp³-hybridized carbons (Fsp3) is 0.562. The van der Waals surface area contributed by atoms with Crippen LogP contribution in [0.25, 0.3) is 0 Å². The van der Waals surface area contributed by atoms with Gasteiger partial charge in [0.05, 0.1) is 11.3 Å². The third kappa shape index (κ3) is 3.71. The maximum absolute atomic E-state index is 13.8. The molecule has 116 valence electrons. The average molecular weight is 297 g/mol. The zero-order valence-corrected chi connectivity index (χ0v) is 12.3. The molecule has 0 amide bonds.